The summed E-state index contributed by atoms with van der Waals surface area (Å²) in [4.78, 5) is 17.3. The summed E-state index contributed by atoms with van der Waals surface area (Å²) in [5.74, 6) is 0.507. The molecule has 1 amide bonds. The first kappa shape index (κ1) is 19.0. The van der Waals surface area contributed by atoms with E-state index in [1.54, 1.807) is 12.1 Å². The van der Waals surface area contributed by atoms with Gasteiger partial charge in [-0.1, -0.05) is 24.3 Å². The van der Waals surface area contributed by atoms with Gasteiger partial charge in [0.05, 0.1) is 4.90 Å². The molecule has 2 aromatic carbocycles. The molecule has 6 heteroatoms. The molecule has 4 rings (SSSR count). The van der Waals surface area contributed by atoms with Crippen LogP contribution < -0.4 is 4.90 Å². The van der Waals surface area contributed by atoms with Crippen molar-refractivity contribution in [3.8, 4) is 0 Å². The standard InChI is InChI=1S/C22H26N2O3S/c1-28(26,27)20-7-4-6-19(15-20)22(25)23-12-9-17(10-13-23)16-24-14-11-18-5-2-3-8-21(18)24/h2-8,15,17H,9-14,16H2,1H3. The van der Waals surface area contributed by atoms with Gasteiger partial charge in [-0.3, -0.25) is 4.79 Å². The molecule has 2 aliphatic heterocycles. The maximum Gasteiger partial charge on any atom is 0.253 e. The Labute approximate surface area is 166 Å². The number of anilines is 1. The Kier molecular flexibility index (Phi) is 5.15. The third kappa shape index (κ3) is 3.92. The quantitative estimate of drug-likeness (QED) is 0.794. The third-order valence-electron chi connectivity index (χ3n) is 5.87. The number of carbonyl (C=O) groups is 1. The number of hydrogen-bond acceptors (Lipinski definition) is 4. The van der Waals surface area contributed by atoms with E-state index in [1.807, 2.05) is 4.90 Å². The Bertz CT molecular complexity index is 979. The Balaban J connectivity index is 1.36. The molecule has 0 spiro atoms. The molecule has 2 aromatic rings. The van der Waals surface area contributed by atoms with Crippen molar-refractivity contribution in [2.24, 2.45) is 5.92 Å². The van der Waals surface area contributed by atoms with E-state index in [4.69, 9.17) is 0 Å². The molecule has 0 N–H and O–H groups in total. The highest BCUT2D eigenvalue weighted by atomic mass is 32.2. The van der Waals surface area contributed by atoms with Gasteiger partial charge < -0.3 is 9.80 Å². The SMILES string of the molecule is CS(=O)(=O)c1cccc(C(=O)N2CCC(CN3CCc4ccccc43)CC2)c1. The number of amides is 1. The molecule has 0 unspecified atom stereocenters. The van der Waals surface area contributed by atoms with E-state index in [0.29, 0.717) is 11.5 Å². The van der Waals surface area contributed by atoms with E-state index in [2.05, 4.69) is 29.2 Å². The molecule has 148 valence electrons. The number of fused-ring (bicyclic) bond motifs is 1. The van der Waals surface area contributed by atoms with Gasteiger partial charge in [0.25, 0.3) is 5.91 Å². The second kappa shape index (κ2) is 7.59. The van der Waals surface area contributed by atoms with Gasteiger partial charge in [0, 0.05) is 43.7 Å². The molecule has 0 bridgehead atoms. The van der Waals surface area contributed by atoms with Crippen molar-refractivity contribution < 1.29 is 13.2 Å². The van der Waals surface area contributed by atoms with E-state index < -0.39 is 9.84 Å². The van der Waals surface area contributed by atoms with Gasteiger partial charge >= 0.3 is 0 Å². The van der Waals surface area contributed by atoms with Crippen LogP contribution in [0.1, 0.15) is 28.8 Å². The van der Waals surface area contributed by atoms with E-state index in [9.17, 15) is 13.2 Å². The molecule has 0 radical (unpaired) electrons. The molecule has 2 aliphatic rings. The summed E-state index contributed by atoms with van der Waals surface area (Å²) < 4.78 is 23.5. The lowest BCUT2D eigenvalue weighted by molar-refractivity contribution is 0.0692. The number of rotatable bonds is 4. The van der Waals surface area contributed by atoms with Crippen LogP contribution in [0, 0.1) is 5.92 Å². The second-order valence-corrected chi connectivity index (χ2v) is 9.88. The van der Waals surface area contributed by atoms with Crippen molar-refractivity contribution in [2.75, 3.05) is 37.3 Å². The minimum absolute atomic E-state index is 0.0736. The van der Waals surface area contributed by atoms with Crippen LogP contribution in [0.3, 0.4) is 0 Å². The molecular weight excluding hydrogens is 372 g/mol. The summed E-state index contributed by atoms with van der Waals surface area (Å²) in [6.07, 6.45) is 4.25. The van der Waals surface area contributed by atoms with E-state index >= 15 is 0 Å². The predicted octanol–water partition coefficient (Wildman–Crippen LogP) is 3.01. The average Bonchev–Trinajstić information content (AvgIpc) is 3.10. The Morgan fingerprint density at radius 1 is 1.04 bits per heavy atom. The molecule has 0 atom stereocenters. The summed E-state index contributed by atoms with van der Waals surface area (Å²) in [6.45, 7) is 3.57. The average molecular weight is 399 g/mol. The topological polar surface area (TPSA) is 57.7 Å². The zero-order valence-electron chi connectivity index (χ0n) is 16.2. The van der Waals surface area contributed by atoms with E-state index in [1.165, 1.54) is 29.6 Å². The lowest BCUT2D eigenvalue weighted by Crippen LogP contribution is -2.41. The molecule has 1 fully saturated rings. The van der Waals surface area contributed by atoms with Crippen molar-refractivity contribution in [3.05, 3.63) is 59.7 Å². The zero-order valence-corrected chi connectivity index (χ0v) is 17.0. The molecule has 28 heavy (non-hydrogen) atoms. The highest BCUT2D eigenvalue weighted by molar-refractivity contribution is 7.90. The normalized spacial score (nSPS) is 17.6. The van der Waals surface area contributed by atoms with Crippen molar-refractivity contribution in [2.45, 2.75) is 24.2 Å². The number of piperidine rings is 1. The summed E-state index contributed by atoms with van der Waals surface area (Å²) in [5, 5.41) is 0. The zero-order chi connectivity index (χ0) is 19.7. The fourth-order valence-corrected chi connectivity index (χ4v) is 4.94. The van der Waals surface area contributed by atoms with Gasteiger partial charge in [0.15, 0.2) is 9.84 Å². The van der Waals surface area contributed by atoms with Crippen LogP contribution >= 0.6 is 0 Å². The second-order valence-electron chi connectivity index (χ2n) is 7.86. The monoisotopic (exact) mass is 398 g/mol. The van der Waals surface area contributed by atoms with Gasteiger partial charge in [0.2, 0.25) is 0 Å². The maximum absolute atomic E-state index is 12.8. The fraction of sp³-hybridized carbons (Fsp3) is 0.409. The lowest BCUT2D eigenvalue weighted by atomic mass is 9.95. The largest absolute Gasteiger partial charge is 0.371 e. The van der Waals surface area contributed by atoms with Gasteiger partial charge in [-0.25, -0.2) is 8.42 Å². The smallest absolute Gasteiger partial charge is 0.253 e. The summed E-state index contributed by atoms with van der Waals surface area (Å²) >= 11 is 0. The van der Waals surface area contributed by atoms with Gasteiger partial charge in [0.1, 0.15) is 0 Å². The number of hydrogen-bond donors (Lipinski definition) is 0. The molecule has 0 saturated carbocycles. The van der Waals surface area contributed by atoms with Crippen molar-refractivity contribution >= 4 is 21.4 Å². The minimum Gasteiger partial charge on any atom is -0.371 e. The summed E-state index contributed by atoms with van der Waals surface area (Å²) in [6, 6.07) is 15.0. The van der Waals surface area contributed by atoms with Crippen LogP contribution in [0.2, 0.25) is 0 Å². The van der Waals surface area contributed by atoms with E-state index in [-0.39, 0.29) is 10.8 Å². The van der Waals surface area contributed by atoms with Crippen LogP contribution in [0.25, 0.3) is 0 Å². The third-order valence-corrected chi connectivity index (χ3v) is 6.98. The summed E-state index contributed by atoms with van der Waals surface area (Å²) in [5.41, 5.74) is 3.24. The first-order valence-electron chi connectivity index (χ1n) is 9.84. The molecule has 0 aliphatic carbocycles. The number of carbonyl (C=O) groups excluding carboxylic acids is 1. The lowest BCUT2D eigenvalue weighted by Gasteiger charge is -2.34. The highest BCUT2D eigenvalue weighted by Crippen LogP contribution is 2.30. The van der Waals surface area contributed by atoms with Crippen LogP contribution in [0.4, 0.5) is 5.69 Å². The van der Waals surface area contributed by atoms with Crippen LogP contribution in [-0.4, -0.2) is 51.7 Å². The Morgan fingerprint density at radius 3 is 2.54 bits per heavy atom. The molecule has 0 aromatic heterocycles. The molecule has 2 heterocycles. The maximum atomic E-state index is 12.8. The number of likely N-dealkylation sites (tertiary alicyclic amines) is 1. The van der Waals surface area contributed by atoms with Crippen molar-refractivity contribution in [3.63, 3.8) is 0 Å². The van der Waals surface area contributed by atoms with Gasteiger partial charge in [-0.2, -0.15) is 0 Å². The molecular formula is C22H26N2O3S. The Hall–Kier alpha value is -2.34. The first-order valence-corrected chi connectivity index (χ1v) is 11.7. The van der Waals surface area contributed by atoms with Crippen LogP contribution in [0.5, 0.6) is 0 Å². The minimum atomic E-state index is -3.31. The number of sulfone groups is 1. The van der Waals surface area contributed by atoms with Crippen molar-refractivity contribution in [1.82, 2.24) is 4.90 Å². The Morgan fingerprint density at radius 2 is 1.79 bits per heavy atom. The number of nitrogens with zero attached hydrogens (tertiary/aromatic N) is 2. The summed E-state index contributed by atoms with van der Waals surface area (Å²) in [7, 11) is -3.31. The van der Waals surface area contributed by atoms with Gasteiger partial charge in [-0.15, -0.1) is 0 Å². The fourth-order valence-electron chi connectivity index (χ4n) is 4.27. The van der Waals surface area contributed by atoms with Crippen LogP contribution in [-0.2, 0) is 16.3 Å². The number of benzene rings is 2. The molecule has 1 saturated heterocycles. The van der Waals surface area contributed by atoms with Crippen LogP contribution in [0.15, 0.2) is 53.4 Å². The first-order chi connectivity index (χ1) is 13.4. The van der Waals surface area contributed by atoms with Gasteiger partial charge in [-0.05, 0) is 55.0 Å². The predicted molar refractivity (Wildman–Crippen MR) is 111 cm³/mol. The number of para-hydroxylation sites is 1. The highest BCUT2D eigenvalue weighted by Gasteiger charge is 2.27. The molecule has 5 nitrogen and oxygen atoms in total. The van der Waals surface area contributed by atoms with Crippen molar-refractivity contribution in [1.29, 1.82) is 0 Å². The van der Waals surface area contributed by atoms with E-state index in [0.717, 1.165) is 45.4 Å².